The van der Waals surface area contributed by atoms with Gasteiger partial charge in [0.1, 0.15) is 23.6 Å². The van der Waals surface area contributed by atoms with E-state index in [9.17, 15) is 19.2 Å². The quantitative estimate of drug-likeness (QED) is 0.294. The number of nitrogens with zero attached hydrogens (tertiary/aromatic N) is 4. The zero-order valence-corrected chi connectivity index (χ0v) is 27.9. The molecule has 256 valence electrons. The summed E-state index contributed by atoms with van der Waals surface area (Å²) in [5.74, 6) is -1.86. The van der Waals surface area contributed by atoms with E-state index in [1.165, 1.54) is 12.1 Å². The minimum atomic E-state index is -0.901. The molecule has 47 heavy (non-hydrogen) atoms. The number of carbonyl (C=O) groups is 4. The molecule has 1 aromatic carbocycles. The molecule has 3 atom stereocenters. The van der Waals surface area contributed by atoms with Gasteiger partial charge in [-0.1, -0.05) is 32.8 Å². The average molecular weight is 653 g/mol. The Kier molecular flexibility index (Phi) is 11.2. The third-order valence-electron chi connectivity index (χ3n) is 9.91. The number of hydrogen-bond acceptors (Lipinski definition) is 6. The highest BCUT2D eigenvalue weighted by Gasteiger charge is 2.36. The van der Waals surface area contributed by atoms with Gasteiger partial charge >= 0.3 is 6.03 Å². The average Bonchev–Trinajstić information content (AvgIpc) is 3.74. The van der Waals surface area contributed by atoms with Gasteiger partial charge in [-0.3, -0.25) is 19.1 Å². The molecule has 5 amide bonds. The van der Waals surface area contributed by atoms with Crippen LogP contribution in [-0.2, 0) is 16.1 Å². The Hall–Kier alpha value is -4.00. The fraction of sp³-hybridized carbons (Fsp3) is 0.618. The van der Waals surface area contributed by atoms with Crippen molar-refractivity contribution in [2.75, 3.05) is 38.5 Å². The molecule has 13 heteroatoms. The van der Waals surface area contributed by atoms with Gasteiger partial charge in [0.2, 0.25) is 11.8 Å². The van der Waals surface area contributed by atoms with E-state index in [1.807, 2.05) is 14.0 Å². The van der Waals surface area contributed by atoms with E-state index in [1.54, 1.807) is 34.8 Å². The van der Waals surface area contributed by atoms with Crippen molar-refractivity contribution in [3.05, 3.63) is 47.5 Å². The number of anilines is 1. The van der Waals surface area contributed by atoms with Crippen molar-refractivity contribution in [1.29, 1.82) is 0 Å². The van der Waals surface area contributed by atoms with E-state index in [0.717, 1.165) is 51.6 Å². The minimum Gasteiger partial charge on any atom is -0.339 e. The Morgan fingerprint density at radius 1 is 0.979 bits per heavy atom. The van der Waals surface area contributed by atoms with Crippen molar-refractivity contribution in [1.82, 2.24) is 35.5 Å². The van der Waals surface area contributed by atoms with Gasteiger partial charge in [0.05, 0.1) is 5.69 Å². The molecule has 12 nitrogen and oxygen atoms in total. The summed E-state index contributed by atoms with van der Waals surface area (Å²) < 4.78 is 17.3. The molecule has 1 aromatic heterocycles. The molecule has 0 spiro atoms. The molecule has 1 saturated heterocycles. The summed E-state index contributed by atoms with van der Waals surface area (Å²) in [6.07, 6.45) is 6.80. The number of hydrogen-bond donors (Lipinski definition) is 4. The molecule has 5 rings (SSSR count). The van der Waals surface area contributed by atoms with Gasteiger partial charge in [-0.25, -0.2) is 9.18 Å². The zero-order valence-electron chi connectivity index (χ0n) is 27.9. The van der Waals surface area contributed by atoms with Crippen molar-refractivity contribution < 1.29 is 23.6 Å². The molecule has 1 aliphatic heterocycles. The van der Waals surface area contributed by atoms with Crippen molar-refractivity contribution in [3.63, 3.8) is 0 Å². The third-order valence-corrected chi connectivity index (χ3v) is 9.91. The monoisotopic (exact) mass is 652 g/mol. The Balaban J connectivity index is 1.31. The summed E-state index contributed by atoms with van der Waals surface area (Å²) >= 11 is 0. The second-order valence-corrected chi connectivity index (χ2v) is 13.5. The molecular weight excluding hydrogens is 603 g/mol. The van der Waals surface area contributed by atoms with E-state index in [-0.39, 0.29) is 23.6 Å². The van der Waals surface area contributed by atoms with Crippen LogP contribution in [0.2, 0.25) is 0 Å². The Morgan fingerprint density at radius 2 is 1.68 bits per heavy atom. The lowest BCUT2D eigenvalue weighted by atomic mass is 9.79. The van der Waals surface area contributed by atoms with Crippen LogP contribution in [0.3, 0.4) is 0 Å². The highest BCUT2D eigenvalue weighted by Crippen LogP contribution is 2.32. The molecule has 2 heterocycles. The van der Waals surface area contributed by atoms with Gasteiger partial charge in [0, 0.05) is 50.9 Å². The SMILES string of the molecule is CCn1nccc1C(=O)N[C@H](C(=O)Nc1ccc([C@H](C)C(NC(=O)NC2CC2)C(=O)N2CCN(C)CC2)cc1F)C1CCC(C)CC1. The first kappa shape index (κ1) is 34.3. The number of piperazine rings is 1. The molecular formula is C34H49FN8O4. The maximum atomic E-state index is 15.7. The van der Waals surface area contributed by atoms with Crippen LogP contribution in [0.15, 0.2) is 30.5 Å². The smallest absolute Gasteiger partial charge is 0.315 e. The first-order chi connectivity index (χ1) is 22.5. The molecule has 2 aromatic rings. The first-order valence-corrected chi connectivity index (χ1v) is 17.0. The summed E-state index contributed by atoms with van der Waals surface area (Å²) in [7, 11) is 2.00. The van der Waals surface area contributed by atoms with Gasteiger partial charge in [0.15, 0.2) is 0 Å². The van der Waals surface area contributed by atoms with Crippen molar-refractivity contribution in [3.8, 4) is 0 Å². The number of aryl methyl sites for hydroxylation is 1. The normalized spacial score (nSPS) is 22.1. The Labute approximate surface area is 276 Å². The lowest BCUT2D eigenvalue weighted by Gasteiger charge is -2.36. The van der Waals surface area contributed by atoms with Crippen LogP contribution in [-0.4, -0.2) is 94.7 Å². The molecule has 4 N–H and O–H groups in total. The lowest BCUT2D eigenvalue weighted by Crippen LogP contribution is -2.57. The van der Waals surface area contributed by atoms with E-state index in [4.69, 9.17) is 0 Å². The number of aromatic nitrogens is 2. The number of amides is 5. The highest BCUT2D eigenvalue weighted by atomic mass is 19.1. The summed E-state index contributed by atoms with van der Waals surface area (Å²) in [5, 5.41) is 15.6. The third kappa shape index (κ3) is 8.68. The van der Waals surface area contributed by atoms with Crippen LogP contribution in [0, 0.1) is 17.7 Å². The molecule has 0 radical (unpaired) electrons. The molecule has 3 fully saturated rings. The lowest BCUT2D eigenvalue weighted by molar-refractivity contribution is -0.135. The maximum Gasteiger partial charge on any atom is 0.315 e. The molecule has 2 aliphatic carbocycles. The zero-order chi connectivity index (χ0) is 33.7. The van der Waals surface area contributed by atoms with Gasteiger partial charge in [-0.05, 0) is 75.3 Å². The number of urea groups is 1. The van der Waals surface area contributed by atoms with Crippen LogP contribution in [0.25, 0.3) is 0 Å². The first-order valence-electron chi connectivity index (χ1n) is 17.0. The van der Waals surface area contributed by atoms with Crippen LogP contribution in [0.1, 0.15) is 81.3 Å². The molecule has 3 aliphatic rings. The fourth-order valence-electron chi connectivity index (χ4n) is 6.55. The van der Waals surface area contributed by atoms with Crippen LogP contribution in [0.5, 0.6) is 0 Å². The number of rotatable bonds is 11. The fourth-order valence-corrected chi connectivity index (χ4v) is 6.55. The largest absolute Gasteiger partial charge is 0.339 e. The van der Waals surface area contributed by atoms with Gasteiger partial charge in [0.25, 0.3) is 5.91 Å². The van der Waals surface area contributed by atoms with Crippen LogP contribution >= 0.6 is 0 Å². The minimum absolute atomic E-state index is 0.0191. The number of likely N-dealkylation sites (N-methyl/N-ethyl adjacent to an activating group) is 1. The highest BCUT2D eigenvalue weighted by molar-refractivity contribution is 6.00. The van der Waals surface area contributed by atoms with E-state index >= 15 is 4.39 Å². The van der Waals surface area contributed by atoms with Crippen LogP contribution in [0.4, 0.5) is 14.9 Å². The van der Waals surface area contributed by atoms with Crippen molar-refractivity contribution in [2.45, 2.75) is 89.9 Å². The number of nitrogens with one attached hydrogen (secondary N) is 4. The molecule has 1 unspecified atom stereocenters. The summed E-state index contributed by atoms with van der Waals surface area (Å²) in [6.45, 7) is 8.91. The molecule has 2 saturated carbocycles. The molecule has 0 bridgehead atoms. The van der Waals surface area contributed by atoms with Crippen molar-refractivity contribution in [2.24, 2.45) is 11.8 Å². The second-order valence-electron chi connectivity index (χ2n) is 13.5. The standard InChI is InChI=1S/C34H49FN8O4/c1-5-43-28(14-15-36-43)31(44)39-30(23-8-6-21(2)7-9-23)32(45)38-27-13-10-24(20-26(27)35)22(3)29(40-34(47)37-25-11-12-25)33(46)42-18-16-41(4)17-19-42/h10,13-15,20-23,25,29-30H,5-9,11-12,16-19H2,1-4H3,(H,38,45)(H,39,44)(H2,37,40,47)/t21?,22-,23?,29?,30-/m0/s1. The number of halogens is 1. The van der Waals surface area contributed by atoms with Gasteiger partial charge in [-0.15, -0.1) is 0 Å². The Morgan fingerprint density at radius 3 is 2.32 bits per heavy atom. The van der Waals surface area contributed by atoms with E-state index in [2.05, 4.69) is 38.2 Å². The number of benzene rings is 1. The maximum absolute atomic E-state index is 15.7. The van der Waals surface area contributed by atoms with Gasteiger partial charge < -0.3 is 31.1 Å². The Bertz CT molecular complexity index is 1430. The van der Waals surface area contributed by atoms with E-state index < -0.39 is 41.7 Å². The van der Waals surface area contributed by atoms with Crippen molar-refractivity contribution >= 4 is 29.4 Å². The second kappa shape index (κ2) is 15.3. The number of carbonyl (C=O) groups excluding carboxylic acids is 4. The van der Waals surface area contributed by atoms with E-state index in [0.29, 0.717) is 36.8 Å². The summed E-state index contributed by atoms with van der Waals surface area (Å²) in [4.78, 5) is 57.3. The van der Waals surface area contributed by atoms with Crippen LogP contribution < -0.4 is 21.3 Å². The summed E-state index contributed by atoms with van der Waals surface area (Å²) in [6, 6.07) is 4.02. The predicted molar refractivity (Wildman–Crippen MR) is 176 cm³/mol. The summed E-state index contributed by atoms with van der Waals surface area (Å²) in [5.41, 5.74) is 0.854. The van der Waals surface area contributed by atoms with Gasteiger partial charge in [-0.2, -0.15) is 5.10 Å². The predicted octanol–water partition coefficient (Wildman–Crippen LogP) is 3.31. The topological polar surface area (TPSA) is 141 Å².